The number of hydrogen-bond acceptors (Lipinski definition) is 1. The Balaban J connectivity index is 2.06. The van der Waals surface area contributed by atoms with E-state index < -0.39 is 0 Å². The van der Waals surface area contributed by atoms with Crippen molar-refractivity contribution in [1.29, 1.82) is 0 Å². The summed E-state index contributed by atoms with van der Waals surface area (Å²) in [5, 5.41) is 0. The summed E-state index contributed by atoms with van der Waals surface area (Å²) in [7, 11) is 0. The monoisotopic (exact) mass is 318 g/mol. The van der Waals surface area contributed by atoms with Crippen molar-refractivity contribution in [2.75, 3.05) is 0 Å². The molecule has 1 unspecified atom stereocenters. The van der Waals surface area contributed by atoms with Gasteiger partial charge in [-0.1, -0.05) is 37.3 Å². The predicted octanol–water partition coefficient (Wildman–Crippen LogP) is 4.62. The van der Waals surface area contributed by atoms with Crippen LogP contribution in [0, 0.1) is 5.82 Å². The van der Waals surface area contributed by atoms with E-state index in [1.807, 2.05) is 18.2 Å². The van der Waals surface area contributed by atoms with Gasteiger partial charge in [0.05, 0.1) is 15.5 Å². The van der Waals surface area contributed by atoms with Gasteiger partial charge < -0.3 is 4.98 Å². The van der Waals surface area contributed by atoms with Gasteiger partial charge in [-0.2, -0.15) is 0 Å². The fraction of sp³-hybridized carbons (Fsp3) is 0.133. The second-order valence-electron chi connectivity index (χ2n) is 4.54. The molecule has 0 spiro atoms. The number of aromatic amines is 1. The largest absolute Gasteiger partial charge is 0.341 e. The number of aromatic nitrogens is 2. The molecule has 0 saturated heterocycles. The van der Waals surface area contributed by atoms with Crippen molar-refractivity contribution in [3.63, 3.8) is 0 Å². The molecule has 0 amide bonds. The van der Waals surface area contributed by atoms with E-state index in [1.54, 1.807) is 6.07 Å². The Morgan fingerprint density at radius 1 is 1.21 bits per heavy atom. The predicted molar refractivity (Wildman–Crippen MR) is 77.7 cm³/mol. The lowest BCUT2D eigenvalue weighted by molar-refractivity contribution is 0.623. The Morgan fingerprint density at radius 2 is 1.95 bits per heavy atom. The van der Waals surface area contributed by atoms with Crippen LogP contribution < -0.4 is 0 Å². The number of benzene rings is 2. The molecule has 3 aromatic rings. The fourth-order valence-corrected chi connectivity index (χ4v) is 2.46. The molecule has 3 rings (SSSR count). The molecule has 2 aromatic carbocycles. The van der Waals surface area contributed by atoms with Crippen molar-refractivity contribution in [2.24, 2.45) is 0 Å². The molecule has 96 valence electrons. The van der Waals surface area contributed by atoms with E-state index in [2.05, 4.69) is 45.0 Å². The first-order valence-corrected chi connectivity index (χ1v) is 6.84. The van der Waals surface area contributed by atoms with Crippen molar-refractivity contribution in [2.45, 2.75) is 12.8 Å². The molecule has 19 heavy (non-hydrogen) atoms. The summed E-state index contributed by atoms with van der Waals surface area (Å²) in [5.74, 6) is 0.712. The molecule has 0 radical (unpaired) electrons. The lowest BCUT2D eigenvalue weighted by Gasteiger charge is -2.07. The third-order valence-electron chi connectivity index (χ3n) is 3.25. The molecule has 0 bridgehead atoms. The summed E-state index contributed by atoms with van der Waals surface area (Å²) in [6.45, 7) is 2.08. The molecule has 1 atom stereocenters. The van der Waals surface area contributed by atoms with Crippen LogP contribution in [0.3, 0.4) is 0 Å². The Hall–Kier alpha value is -1.68. The van der Waals surface area contributed by atoms with Crippen LogP contribution in [0.5, 0.6) is 0 Å². The molecule has 0 aliphatic heterocycles. The van der Waals surface area contributed by atoms with E-state index in [-0.39, 0.29) is 11.7 Å². The highest BCUT2D eigenvalue weighted by atomic mass is 79.9. The maximum absolute atomic E-state index is 13.5. The quantitative estimate of drug-likeness (QED) is 0.734. The van der Waals surface area contributed by atoms with Crippen molar-refractivity contribution >= 4 is 27.0 Å². The molecule has 0 aliphatic carbocycles. The summed E-state index contributed by atoms with van der Waals surface area (Å²) in [5.41, 5.74) is 2.67. The van der Waals surface area contributed by atoms with Crippen LogP contribution in [0.1, 0.15) is 24.2 Å². The average molecular weight is 319 g/mol. The summed E-state index contributed by atoms with van der Waals surface area (Å²) in [6.07, 6.45) is 0. The van der Waals surface area contributed by atoms with Gasteiger partial charge in [0, 0.05) is 12.0 Å². The molecule has 0 saturated carbocycles. The van der Waals surface area contributed by atoms with Gasteiger partial charge in [-0.15, -0.1) is 0 Å². The SMILES string of the molecule is CC(c1ccccc1)c1nc2cc(Br)c(F)cc2[nH]1. The molecule has 1 N–H and O–H groups in total. The van der Waals surface area contributed by atoms with Crippen LogP contribution in [-0.2, 0) is 0 Å². The standard InChI is InChI=1S/C15H12BrFN2/c1-9(10-5-3-2-4-6-10)15-18-13-7-11(16)12(17)8-14(13)19-15/h2-9H,1H3,(H,18,19). The van der Waals surface area contributed by atoms with Crippen LogP contribution >= 0.6 is 15.9 Å². The minimum atomic E-state index is -0.282. The Morgan fingerprint density at radius 3 is 2.68 bits per heavy atom. The number of imidazole rings is 1. The molecule has 4 heteroatoms. The van der Waals surface area contributed by atoms with E-state index >= 15 is 0 Å². The van der Waals surface area contributed by atoms with Gasteiger partial charge in [0.15, 0.2) is 0 Å². The number of halogens is 2. The summed E-state index contributed by atoms with van der Waals surface area (Å²) in [6, 6.07) is 13.3. The van der Waals surface area contributed by atoms with Gasteiger partial charge in [0.25, 0.3) is 0 Å². The minimum absolute atomic E-state index is 0.149. The average Bonchev–Trinajstić information content (AvgIpc) is 2.82. The van der Waals surface area contributed by atoms with Gasteiger partial charge in [-0.3, -0.25) is 0 Å². The number of rotatable bonds is 2. The number of H-pyrrole nitrogens is 1. The molecule has 1 aromatic heterocycles. The number of nitrogens with zero attached hydrogens (tertiary/aromatic N) is 1. The fourth-order valence-electron chi connectivity index (χ4n) is 2.13. The molecule has 2 nitrogen and oxygen atoms in total. The lowest BCUT2D eigenvalue weighted by atomic mass is 10.0. The van der Waals surface area contributed by atoms with Crippen LogP contribution in [0.25, 0.3) is 11.0 Å². The Labute approximate surface area is 118 Å². The maximum Gasteiger partial charge on any atom is 0.139 e. The third-order valence-corrected chi connectivity index (χ3v) is 3.86. The first-order chi connectivity index (χ1) is 9.15. The van der Waals surface area contributed by atoms with Crippen LogP contribution in [-0.4, -0.2) is 9.97 Å². The normalized spacial score (nSPS) is 12.8. The summed E-state index contributed by atoms with van der Waals surface area (Å²) in [4.78, 5) is 7.73. The molecule has 0 aliphatic rings. The number of fused-ring (bicyclic) bond motifs is 1. The minimum Gasteiger partial charge on any atom is -0.341 e. The van der Waals surface area contributed by atoms with Gasteiger partial charge >= 0.3 is 0 Å². The van der Waals surface area contributed by atoms with Gasteiger partial charge in [0.2, 0.25) is 0 Å². The Bertz CT molecular complexity index is 683. The highest BCUT2D eigenvalue weighted by Crippen LogP contribution is 2.26. The van der Waals surface area contributed by atoms with E-state index in [4.69, 9.17) is 0 Å². The van der Waals surface area contributed by atoms with Crippen molar-refractivity contribution in [3.05, 3.63) is 64.1 Å². The van der Waals surface area contributed by atoms with Crippen molar-refractivity contribution in [3.8, 4) is 0 Å². The first-order valence-electron chi connectivity index (χ1n) is 6.05. The van der Waals surface area contributed by atoms with Crippen LogP contribution in [0.2, 0.25) is 0 Å². The topological polar surface area (TPSA) is 28.7 Å². The van der Waals surface area contributed by atoms with Crippen LogP contribution in [0.15, 0.2) is 46.9 Å². The zero-order chi connectivity index (χ0) is 13.4. The molecule has 1 heterocycles. The van der Waals surface area contributed by atoms with E-state index in [1.165, 1.54) is 11.6 Å². The van der Waals surface area contributed by atoms with Crippen molar-refractivity contribution < 1.29 is 4.39 Å². The third kappa shape index (κ3) is 2.28. The number of nitrogens with one attached hydrogen (secondary N) is 1. The van der Waals surface area contributed by atoms with Crippen LogP contribution in [0.4, 0.5) is 4.39 Å². The number of hydrogen-bond donors (Lipinski definition) is 1. The van der Waals surface area contributed by atoms with Gasteiger partial charge in [-0.25, -0.2) is 9.37 Å². The second kappa shape index (κ2) is 4.78. The summed E-state index contributed by atoms with van der Waals surface area (Å²) >= 11 is 3.18. The smallest absolute Gasteiger partial charge is 0.139 e. The van der Waals surface area contributed by atoms with E-state index in [0.717, 1.165) is 16.9 Å². The van der Waals surface area contributed by atoms with Gasteiger partial charge in [-0.05, 0) is 27.6 Å². The van der Waals surface area contributed by atoms with E-state index in [9.17, 15) is 4.39 Å². The van der Waals surface area contributed by atoms with Gasteiger partial charge in [0.1, 0.15) is 11.6 Å². The maximum atomic E-state index is 13.5. The zero-order valence-electron chi connectivity index (χ0n) is 10.3. The zero-order valence-corrected chi connectivity index (χ0v) is 11.9. The Kier molecular flexibility index (Phi) is 3.11. The summed E-state index contributed by atoms with van der Waals surface area (Å²) < 4.78 is 13.9. The molecular formula is C15H12BrFN2. The van der Waals surface area contributed by atoms with Crippen molar-refractivity contribution in [1.82, 2.24) is 9.97 Å². The van der Waals surface area contributed by atoms with E-state index in [0.29, 0.717) is 4.47 Å². The second-order valence-corrected chi connectivity index (χ2v) is 5.39. The molecular weight excluding hydrogens is 307 g/mol. The highest BCUT2D eigenvalue weighted by molar-refractivity contribution is 9.10. The first kappa shape index (κ1) is 12.4. The lowest BCUT2D eigenvalue weighted by Crippen LogP contribution is -1.97. The highest BCUT2D eigenvalue weighted by Gasteiger charge is 2.14. The molecule has 0 fully saturated rings.